The zero-order valence-electron chi connectivity index (χ0n) is 14.9. The highest BCUT2D eigenvalue weighted by Gasteiger charge is 2.35. The molecule has 4 atom stereocenters. The molecule has 0 saturated carbocycles. The fourth-order valence-electron chi connectivity index (χ4n) is 2.88. The van der Waals surface area contributed by atoms with Crippen LogP contribution in [0, 0.1) is 11.8 Å². The lowest BCUT2D eigenvalue weighted by molar-refractivity contribution is -0.252. The number of rotatable bonds is 8. The summed E-state index contributed by atoms with van der Waals surface area (Å²) >= 11 is 0. The second-order valence-corrected chi connectivity index (χ2v) is 7.93. The van der Waals surface area contributed by atoms with Crippen molar-refractivity contribution in [1.82, 2.24) is 0 Å². The maximum absolute atomic E-state index is 11.3. The van der Waals surface area contributed by atoms with Gasteiger partial charge in [-0.2, -0.15) is 8.42 Å². The topological polar surface area (TPSA) is 71.1 Å². The van der Waals surface area contributed by atoms with Crippen LogP contribution >= 0.6 is 0 Å². The van der Waals surface area contributed by atoms with Crippen LogP contribution in [0.1, 0.15) is 25.2 Å². The van der Waals surface area contributed by atoms with Gasteiger partial charge in [0.2, 0.25) is 0 Å². The van der Waals surface area contributed by atoms with Crippen molar-refractivity contribution in [3.05, 3.63) is 42.5 Å². The third kappa shape index (κ3) is 5.81. The van der Waals surface area contributed by atoms with Crippen molar-refractivity contribution in [2.45, 2.75) is 25.7 Å². The van der Waals surface area contributed by atoms with Gasteiger partial charge in [0.1, 0.15) is 5.75 Å². The first-order valence-corrected chi connectivity index (χ1v) is 10.0. The number of hydrogen-bond acceptors (Lipinski definition) is 6. The third-order valence-electron chi connectivity index (χ3n) is 4.17. The smallest absolute Gasteiger partial charge is 0.264 e. The van der Waals surface area contributed by atoms with E-state index in [0.717, 1.165) is 17.6 Å². The average molecular weight is 370 g/mol. The molecule has 140 valence electrons. The average Bonchev–Trinajstić information content (AvgIpc) is 2.58. The lowest BCUT2D eigenvalue weighted by Crippen LogP contribution is -2.41. The highest BCUT2D eigenvalue weighted by atomic mass is 32.2. The maximum Gasteiger partial charge on any atom is 0.264 e. The number of benzene rings is 1. The Kier molecular flexibility index (Phi) is 7.01. The Morgan fingerprint density at radius 1 is 1.36 bits per heavy atom. The summed E-state index contributed by atoms with van der Waals surface area (Å²) in [5, 5.41) is 0. The molecule has 0 aliphatic carbocycles. The van der Waals surface area contributed by atoms with Crippen molar-refractivity contribution in [1.29, 1.82) is 0 Å². The minimum absolute atomic E-state index is 0.0647. The van der Waals surface area contributed by atoms with Gasteiger partial charge in [0, 0.05) is 17.4 Å². The molecule has 1 heterocycles. The van der Waals surface area contributed by atoms with E-state index in [9.17, 15) is 8.42 Å². The van der Waals surface area contributed by atoms with Crippen molar-refractivity contribution in [2.24, 2.45) is 11.8 Å². The van der Waals surface area contributed by atoms with E-state index in [-0.39, 0.29) is 24.5 Å². The molecule has 1 aliphatic heterocycles. The molecule has 1 fully saturated rings. The molecule has 0 aromatic heterocycles. The van der Waals surface area contributed by atoms with Crippen LogP contribution in [0.5, 0.6) is 5.75 Å². The van der Waals surface area contributed by atoms with E-state index < -0.39 is 16.4 Å². The second-order valence-electron chi connectivity index (χ2n) is 6.29. The summed E-state index contributed by atoms with van der Waals surface area (Å²) in [5.41, 5.74) is 0.888. The van der Waals surface area contributed by atoms with Gasteiger partial charge in [0.15, 0.2) is 6.29 Å². The van der Waals surface area contributed by atoms with Gasteiger partial charge in [-0.3, -0.25) is 4.18 Å². The van der Waals surface area contributed by atoms with Crippen molar-refractivity contribution < 1.29 is 26.8 Å². The van der Waals surface area contributed by atoms with Crippen LogP contribution in [0.3, 0.4) is 0 Å². The summed E-state index contributed by atoms with van der Waals surface area (Å²) in [6, 6.07) is 7.49. The van der Waals surface area contributed by atoms with Crippen LogP contribution in [0.15, 0.2) is 36.9 Å². The minimum atomic E-state index is -3.50. The Labute approximate surface area is 149 Å². The second kappa shape index (κ2) is 8.80. The molecule has 0 amide bonds. The molecule has 1 aromatic rings. The Morgan fingerprint density at radius 2 is 2.04 bits per heavy atom. The van der Waals surface area contributed by atoms with Crippen molar-refractivity contribution in [2.75, 3.05) is 26.6 Å². The molecule has 25 heavy (non-hydrogen) atoms. The Bertz CT molecular complexity index is 655. The number of methoxy groups -OCH3 is 1. The molecule has 1 saturated heterocycles. The van der Waals surface area contributed by atoms with Gasteiger partial charge in [-0.1, -0.05) is 25.1 Å². The van der Waals surface area contributed by atoms with E-state index in [1.54, 1.807) is 13.2 Å². The summed E-state index contributed by atoms with van der Waals surface area (Å²) in [6.07, 6.45) is 2.70. The van der Waals surface area contributed by atoms with Gasteiger partial charge in [0.05, 0.1) is 32.7 Å². The number of allylic oxidation sites excluding steroid dienone is 1. The predicted molar refractivity (Wildman–Crippen MR) is 94.8 cm³/mol. The number of ether oxygens (including phenoxy) is 3. The summed E-state index contributed by atoms with van der Waals surface area (Å²) in [7, 11) is -1.89. The molecule has 1 aromatic carbocycles. The van der Waals surface area contributed by atoms with E-state index >= 15 is 0 Å². The fraction of sp³-hybridized carbons (Fsp3) is 0.556. The molecular formula is C18H26O6S. The van der Waals surface area contributed by atoms with Crippen LogP contribution in [0.2, 0.25) is 0 Å². The summed E-state index contributed by atoms with van der Waals surface area (Å²) in [4.78, 5) is 0. The first-order chi connectivity index (χ1) is 11.8. The number of hydrogen-bond donors (Lipinski definition) is 0. The molecule has 0 N–H and O–H groups in total. The fourth-order valence-corrected chi connectivity index (χ4v) is 3.31. The quantitative estimate of drug-likeness (QED) is 0.518. The molecule has 0 radical (unpaired) electrons. The predicted octanol–water partition coefficient (Wildman–Crippen LogP) is 2.91. The lowest BCUT2D eigenvalue weighted by atomic mass is 9.89. The van der Waals surface area contributed by atoms with Gasteiger partial charge >= 0.3 is 0 Å². The van der Waals surface area contributed by atoms with Crippen LogP contribution in [0.4, 0.5) is 0 Å². The van der Waals surface area contributed by atoms with Crippen LogP contribution in [-0.2, 0) is 23.8 Å². The Balaban J connectivity index is 2.11. The van der Waals surface area contributed by atoms with E-state index in [1.807, 2.05) is 31.2 Å². The lowest BCUT2D eigenvalue weighted by Gasteiger charge is -2.39. The van der Waals surface area contributed by atoms with Crippen molar-refractivity contribution in [3.8, 4) is 5.75 Å². The van der Waals surface area contributed by atoms with Crippen LogP contribution in [-0.4, -0.2) is 41.1 Å². The van der Waals surface area contributed by atoms with Crippen molar-refractivity contribution in [3.63, 3.8) is 0 Å². The Morgan fingerprint density at radius 3 is 2.60 bits per heavy atom. The van der Waals surface area contributed by atoms with Gasteiger partial charge in [-0.05, 0) is 18.6 Å². The molecule has 0 bridgehead atoms. The van der Waals surface area contributed by atoms with Crippen molar-refractivity contribution >= 4 is 10.1 Å². The summed E-state index contributed by atoms with van der Waals surface area (Å²) < 4.78 is 44.8. The van der Waals surface area contributed by atoms with Gasteiger partial charge in [-0.15, -0.1) is 6.58 Å². The molecule has 1 aliphatic rings. The summed E-state index contributed by atoms with van der Waals surface area (Å²) in [6.45, 7) is 6.36. The first kappa shape index (κ1) is 19.9. The zero-order chi connectivity index (χ0) is 18.4. The monoisotopic (exact) mass is 370 g/mol. The molecule has 7 heteroatoms. The third-order valence-corrected chi connectivity index (χ3v) is 4.73. The van der Waals surface area contributed by atoms with E-state index in [4.69, 9.17) is 18.4 Å². The highest BCUT2D eigenvalue weighted by Crippen LogP contribution is 2.34. The molecular weight excluding hydrogens is 344 g/mol. The first-order valence-electron chi connectivity index (χ1n) is 8.20. The normalized spacial score (nSPS) is 25.3. The molecule has 6 nitrogen and oxygen atoms in total. The van der Waals surface area contributed by atoms with E-state index in [1.165, 1.54) is 0 Å². The zero-order valence-corrected chi connectivity index (χ0v) is 15.7. The SMILES string of the molecule is C=CC[C@H](COS(C)(=O)=O)[C@@H]1OC(c2ccc(OC)cc2)OC[C@@H]1C. The standard InChI is InChI=1S/C18H26O6S/c1-5-6-15(12-23-25(4,19)20)17-13(2)11-22-18(24-17)14-7-9-16(21-3)10-8-14/h5,7-10,13,15,17-18H,1,6,11-12H2,2-4H3/t13-,15+,17+,18?/m0/s1. The van der Waals surface area contributed by atoms with E-state index in [2.05, 4.69) is 6.58 Å². The molecule has 1 unspecified atom stereocenters. The van der Waals surface area contributed by atoms with Crippen LogP contribution in [0.25, 0.3) is 0 Å². The molecule has 2 rings (SSSR count). The maximum atomic E-state index is 11.3. The van der Waals surface area contributed by atoms with Gasteiger partial charge < -0.3 is 14.2 Å². The van der Waals surface area contributed by atoms with Gasteiger partial charge in [0.25, 0.3) is 10.1 Å². The Hall–Kier alpha value is -1.41. The largest absolute Gasteiger partial charge is 0.497 e. The van der Waals surface area contributed by atoms with Crippen LogP contribution < -0.4 is 4.74 Å². The summed E-state index contributed by atoms with van der Waals surface area (Å²) in [5.74, 6) is 0.755. The highest BCUT2D eigenvalue weighted by molar-refractivity contribution is 7.85. The van der Waals surface area contributed by atoms with E-state index in [0.29, 0.717) is 13.0 Å². The minimum Gasteiger partial charge on any atom is -0.497 e. The van der Waals surface area contributed by atoms with Gasteiger partial charge in [-0.25, -0.2) is 0 Å². The molecule has 0 spiro atoms.